The van der Waals surface area contributed by atoms with Crippen molar-refractivity contribution in [2.75, 3.05) is 18.5 Å². The molecule has 0 spiro atoms. The fraction of sp³-hybridized carbons (Fsp3) is 0.286. The zero-order valence-electron chi connectivity index (χ0n) is 11.2. The third-order valence-corrected chi connectivity index (χ3v) is 2.68. The predicted molar refractivity (Wildman–Crippen MR) is 73.7 cm³/mol. The lowest BCUT2D eigenvalue weighted by molar-refractivity contribution is -0.136. The normalized spacial score (nSPS) is 9.58. The number of benzene rings is 1. The molecule has 0 radical (unpaired) electrons. The van der Waals surface area contributed by atoms with E-state index in [9.17, 15) is 9.59 Å². The average molecular weight is 262 g/mol. The summed E-state index contributed by atoms with van der Waals surface area (Å²) in [5, 5.41) is 5.03. The largest absolute Gasteiger partial charge is 0.500 e. The van der Waals surface area contributed by atoms with Crippen LogP contribution in [0.2, 0.25) is 0 Å². The highest BCUT2D eigenvalue weighted by Gasteiger charge is 2.14. The second kappa shape index (κ2) is 7.20. The van der Waals surface area contributed by atoms with Gasteiger partial charge in [0.1, 0.15) is 6.61 Å². The Balaban J connectivity index is 2.52. The number of hydrogen-bond donors (Lipinski definition) is 2. The fourth-order valence-corrected chi connectivity index (χ4v) is 1.45. The molecule has 1 aromatic carbocycles. The predicted octanol–water partition coefficient (Wildman–Crippen LogP) is 1.52. The molecule has 0 saturated heterocycles. The van der Waals surface area contributed by atoms with E-state index < -0.39 is 11.8 Å². The smallest absolute Gasteiger partial charge is 0.313 e. The Morgan fingerprint density at radius 3 is 2.74 bits per heavy atom. The van der Waals surface area contributed by atoms with Crippen LogP contribution in [0.25, 0.3) is 0 Å². The van der Waals surface area contributed by atoms with E-state index in [1.165, 1.54) is 6.26 Å². The second-order valence-electron chi connectivity index (χ2n) is 3.99. The quantitative estimate of drug-likeness (QED) is 0.480. The van der Waals surface area contributed by atoms with Crippen LogP contribution in [-0.2, 0) is 14.3 Å². The van der Waals surface area contributed by atoms with Crippen molar-refractivity contribution in [3.63, 3.8) is 0 Å². The van der Waals surface area contributed by atoms with E-state index in [2.05, 4.69) is 17.2 Å². The highest BCUT2D eigenvalue weighted by molar-refractivity contribution is 6.39. The topological polar surface area (TPSA) is 67.4 Å². The molecule has 1 aromatic rings. The van der Waals surface area contributed by atoms with Crippen molar-refractivity contribution in [2.45, 2.75) is 13.8 Å². The zero-order chi connectivity index (χ0) is 14.3. The Hall–Kier alpha value is -2.30. The molecule has 0 heterocycles. The van der Waals surface area contributed by atoms with Crippen molar-refractivity contribution >= 4 is 17.5 Å². The molecule has 5 heteroatoms. The molecular weight excluding hydrogens is 244 g/mol. The van der Waals surface area contributed by atoms with Gasteiger partial charge in [0.2, 0.25) is 0 Å². The van der Waals surface area contributed by atoms with Crippen LogP contribution in [-0.4, -0.2) is 25.0 Å². The van der Waals surface area contributed by atoms with Gasteiger partial charge in [0.05, 0.1) is 12.8 Å². The van der Waals surface area contributed by atoms with Gasteiger partial charge in [0.15, 0.2) is 0 Å². The third-order valence-electron chi connectivity index (χ3n) is 2.68. The van der Waals surface area contributed by atoms with Crippen molar-refractivity contribution in [3.8, 4) is 0 Å². The van der Waals surface area contributed by atoms with Gasteiger partial charge in [0, 0.05) is 5.69 Å². The lowest BCUT2D eigenvalue weighted by atomic mass is 10.1. The highest BCUT2D eigenvalue weighted by Crippen LogP contribution is 2.17. The summed E-state index contributed by atoms with van der Waals surface area (Å²) >= 11 is 0. The minimum Gasteiger partial charge on any atom is -0.500 e. The maximum Gasteiger partial charge on any atom is 0.313 e. The van der Waals surface area contributed by atoms with Crippen molar-refractivity contribution in [1.82, 2.24) is 5.32 Å². The van der Waals surface area contributed by atoms with E-state index in [1.54, 1.807) is 6.07 Å². The standard InChI is InChI=1S/C14H18N2O3/c1-4-19-9-8-15-13(17)14(18)16-12-7-5-6-10(2)11(12)3/h4-7H,1,8-9H2,2-3H3,(H,15,17)(H,16,18). The minimum absolute atomic E-state index is 0.255. The van der Waals surface area contributed by atoms with E-state index in [4.69, 9.17) is 4.74 Å². The summed E-state index contributed by atoms with van der Waals surface area (Å²) in [4.78, 5) is 23.2. The molecule has 0 fully saturated rings. The van der Waals surface area contributed by atoms with Gasteiger partial charge in [-0.05, 0) is 31.0 Å². The Morgan fingerprint density at radius 1 is 1.32 bits per heavy atom. The van der Waals surface area contributed by atoms with Gasteiger partial charge in [-0.25, -0.2) is 0 Å². The second-order valence-corrected chi connectivity index (χ2v) is 3.99. The molecule has 0 atom stereocenters. The Bertz CT molecular complexity index is 484. The number of amides is 2. The first-order valence-corrected chi connectivity index (χ1v) is 5.94. The number of hydrogen-bond acceptors (Lipinski definition) is 3. The van der Waals surface area contributed by atoms with Crippen LogP contribution in [0.4, 0.5) is 5.69 Å². The molecule has 2 N–H and O–H groups in total. The Morgan fingerprint density at radius 2 is 2.05 bits per heavy atom. The SMILES string of the molecule is C=COCCNC(=O)C(=O)Nc1cccc(C)c1C. The van der Waals surface area contributed by atoms with Crippen LogP contribution in [0, 0.1) is 13.8 Å². The zero-order valence-corrected chi connectivity index (χ0v) is 11.2. The summed E-state index contributed by atoms with van der Waals surface area (Å²) in [5.74, 6) is -1.37. The van der Waals surface area contributed by atoms with Crippen LogP contribution in [0.3, 0.4) is 0 Å². The molecular formula is C14H18N2O3. The number of anilines is 1. The molecule has 0 aliphatic carbocycles. The van der Waals surface area contributed by atoms with E-state index in [0.29, 0.717) is 5.69 Å². The summed E-state index contributed by atoms with van der Waals surface area (Å²) in [6.07, 6.45) is 1.28. The summed E-state index contributed by atoms with van der Waals surface area (Å²) in [7, 11) is 0. The summed E-state index contributed by atoms with van der Waals surface area (Å²) in [6.45, 7) is 7.74. The van der Waals surface area contributed by atoms with Crippen molar-refractivity contribution < 1.29 is 14.3 Å². The van der Waals surface area contributed by atoms with Crippen molar-refractivity contribution in [2.24, 2.45) is 0 Å². The summed E-state index contributed by atoms with van der Waals surface area (Å²) in [6, 6.07) is 5.53. The molecule has 1 rings (SSSR count). The van der Waals surface area contributed by atoms with Gasteiger partial charge in [-0.3, -0.25) is 9.59 Å². The first-order chi connectivity index (χ1) is 9.06. The van der Waals surface area contributed by atoms with Crippen molar-refractivity contribution in [3.05, 3.63) is 42.2 Å². The molecule has 0 bridgehead atoms. The number of ether oxygens (including phenoxy) is 1. The highest BCUT2D eigenvalue weighted by atomic mass is 16.5. The van der Waals surface area contributed by atoms with Gasteiger partial charge in [0.25, 0.3) is 0 Å². The lowest BCUT2D eigenvalue weighted by Gasteiger charge is -2.10. The Labute approximate surface area is 112 Å². The van der Waals surface area contributed by atoms with E-state index in [0.717, 1.165) is 11.1 Å². The molecule has 0 aromatic heterocycles. The third kappa shape index (κ3) is 4.46. The molecule has 102 valence electrons. The summed E-state index contributed by atoms with van der Waals surface area (Å²) in [5.41, 5.74) is 2.64. The van der Waals surface area contributed by atoms with E-state index >= 15 is 0 Å². The van der Waals surface area contributed by atoms with Crippen LogP contribution in [0.1, 0.15) is 11.1 Å². The van der Waals surface area contributed by atoms with E-state index in [1.807, 2.05) is 26.0 Å². The maximum atomic E-state index is 11.7. The monoisotopic (exact) mass is 262 g/mol. The van der Waals surface area contributed by atoms with Gasteiger partial charge in [-0.2, -0.15) is 0 Å². The molecule has 19 heavy (non-hydrogen) atoms. The molecule has 5 nitrogen and oxygen atoms in total. The first kappa shape index (κ1) is 14.8. The lowest BCUT2D eigenvalue weighted by Crippen LogP contribution is -2.37. The van der Waals surface area contributed by atoms with Gasteiger partial charge < -0.3 is 15.4 Å². The molecule has 0 aliphatic rings. The van der Waals surface area contributed by atoms with Crippen LogP contribution < -0.4 is 10.6 Å². The van der Waals surface area contributed by atoms with Crippen LogP contribution >= 0.6 is 0 Å². The van der Waals surface area contributed by atoms with Crippen LogP contribution in [0.15, 0.2) is 31.0 Å². The number of carbonyl (C=O) groups is 2. The van der Waals surface area contributed by atoms with E-state index in [-0.39, 0.29) is 13.2 Å². The van der Waals surface area contributed by atoms with Gasteiger partial charge >= 0.3 is 11.8 Å². The number of aryl methyl sites for hydroxylation is 1. The minimum atomic E-state index is -0.688. The van der Waals surface area contributed by atoms with Crippen LogP contribution in [0.5, 0.6) is 0 Å². The maximum absolute atomic E-state index is 11.7. The molecule has 0 saturated carbocycles. The van der Waals surface area contributed by atoms with Gasteiger partial charge in [-0.15, -0.1) is 0 Å². The molecule has 0 unspecified atom stereocenters. The Kier molecular flexibility index (Phi) is 5.60. The van der Waals surface area contributed by atoms with Gasteiger partial charge in [-0.1, -0.05) is 18.7 Å². The molecule has 0 aliphatic heterocycles. The fourth-order valence-electron chi connectivity index (χ4n) is 1.45. The van der Waals surface area contributed by atoms with Crippen molar-refractivity contribution in [1.29, 1.82) is 0 Å². The molecule has 2 amide bonds. The first-order valence-electron chi connectivity index (χ1n) is 5.94. The number of nitrogens with one attached hydrogen (secondary N) is 2. The summed E-state index contributed by atoms with van der Waals surface area (Å²) < 4.78 is 4.83. The average Bonchev–Trinajstić information content (AvgIpc) is 2.39. The number of carbonyl (C=O) groups excluding carboxylic acids is 2. The number of rotatable bonds is 5.